The van der Waals surface area contributed by atoms with Crippen LogP contribution in [0.4, 0.5) is 0 Å². The topological polar surface area (TPSA) is 12.0 Å². The summed E-state index contributed by atoms with van der Waals surface area (Å²) in [4.78, 5) is 0. The molecule has 1 nitrogen and oxygen atoms in total. The van der Waals surface area contributed by atoms with Crippen molar-refractivity contribution in [3.8, 4) is 0 Å². The van der Waals surface area contributed by atoms with Crippen molar-refractivity contribution in [2.45, 2.75) is 45.6 Å². The second kappa shape index (κ2) is 5.49. The number of nitrogens with one attached hydrogen (secondary N) is 1. The molecule has 2 rings (SSSR count). The van der Waals surface area contributed by atoms with Crippen molar-refractivity contribution in [1.29, 1.82) is 0 Å². The van der Waals surface area contributed by atoms with Gasteiger partial charge >= 0.3 is 0 Å². The van der Waals surface area contributed by atoms with Crippen LogP contribution in [0.3, 0.4) is 0 Å². The van der Waals surface area contributed by atoms with E-state index in [1.54, 1.807) is 0 Å². The Balaban J connectivity index is 2.17. The molecule has 0 aromatic heterocycles. The summed E-state index contributed by atoms with van der Waals surface area (Å²) in [5.41, 5.74) is 2.85. The molecule has 0 aliphatic heterocycles. The summed E-state index contributed by atoms with van der Waals surface area (Å²) in [5, 5.41) is 3.67. The lowest BCUT2D eigenvalue weighted by Gasteiger charge is -2.25. The highest BCUT2D eigenvalue weighted by molar-refractivity contribution is 5.25. The van der Waals surface area contributed by atoms with E-state index in [9.17, 15) is 0 Å². The molecule has 1 aromatic carbocycles. The Kier molecular flexibility index (Phi) is 4.00. The molecule has 1 aliphatic carbocycles. The molecule has 1 heteroatoms. The van der Waals surface area contributed by atoms with Gasteiger partial charge in [0.05, 0.1) is 0 Å². The minimum Gasteiger partial charge on any atom is -0.310 e. The number of aryl methyl sites for hydroxylation is 1. The number of hydrogen-bond acceptors (Lipinski definition) is 1. The van der Waals surface area contributed by atoms with Crippen molar-refractivity contribution in [3.05, 3.63) is 35.4 Å². The zero-order valence-electron chi connectivity index (χ0n) is 10.5. The van der Waals surface area contributed by atoms with Crippen LogP contribution in [-0.2, 0) is 0 Å². The molecular formula is C15H23N. The first-order chi connectivity index (χ1) is 7.81. The van der Waals surface area contributed by atoms with Crippen molar-refractivity contribution >= 4 is 0 Å². The highest BCUT2D eigenvalue weighted by Gasteiger charge is 2.25. The molecule has 0 bridgehead atoms. The quantitative estimate of drug-likeness (QED) is 0.808. The molecule has 0 amide bonds. The van der Waals surface area contributed by atoms with Gasteiger partial charge in [0.1, 0.15) is 0 Å². The monoisotopic (exact) mass is 217 g/mol. The highest BCUT2D eigenvalue weighted by atomic mass is 14.9. The maximum Gasteiger partial charge on any atom is 0.0348 e. The Labute approximate surface area is 99.3 Å². The second-order valence-corrected chi connectivity index (χ2v) is 4.99. The van der Waals surface area contributed by atoms with Crippen LogP contribution >= 0.6 is 0 Å². The molecule has 88 valence electrons. The second-order valence-electron chi connectivity index (χ2n) is 4.99. The minimum absolute atomic E-state index is 0.576. The largest absolute Gasteiger partial charge is 0.310 e. The van der Waals surface area contributed by atoms with Crippen molar-refractivity contribution in [2.24, 2.45) is 5.92 Å². The van der Waals surface area contributed by atoms with E-state index in [4.69, 9.17) is 0 Å². The van der Waals surface area contributed by atoms with E-state index in [1.165, 1.54) is 36.8 Å². The lowest BCUT2D eigenvalue weighted by Crippen LogP contribution is -2.26. The molecule has 1 fully saturated rings. The summed E-state index contributed by atoms with van der Waals surface area (Å²) in [6.07, 6.45) is 5.62. The van der Waals surface area contributed by atoms with E-state index in [-0.39, 0.29) is 0 Å². The fraction of sp³-hybridized carbons (Fsp3) is 0.600. The van der Waals surface area contributed by atoms with Gasteiger partial charge < -0.3 is 5.32 Å². The molecule has 0 saturated heterocycles. The zero-order chi connectivity index (χ0) is 11.4. The Bertz CT molecular complexity index is 326. The van der Waals surface area contributed by atoms with Crippen LogP contribution in [0.2, 0.25) is 0 Å². The summed E-state index contributed by atoms with van der Waals surface area (Å²) in [5.74, 6) is 0.849. The van der Waals surface area contributed by atoms with E-state index in [2.05, 4.69) is 43.4 Å². The normalized spacial score (nSPS) is 18.9. The molecule has 16 heavy (non-hydrogen) atoms. The van der Waals surface area contributed by atoms with Gasteiger partial charge in [0.15, 0.2) is 0 Å². The minimum atomic E-state index is 0.576. The van der Waals surface area contributed by atoms with Gasteiger partial charge in [-0.2, -0.15) is 0 Å². The summed E-state index contributed by atoms with van der Waals surface area (Å²) >= 11 is 0. The van der Waals surface area contributed by atoms with Gasteiger partial charge in [0.25, 0.3) is 0 Å². The fourth-order valence-corrected chi connectivity index (χ4v) is 2.93. The van der Waals surface area contributed by atoms with Gasteiger partial charge in [-0.05, 0) is 37.8 Å². The van der Waals surface area contributed by atoms with Crippen LogP contribution < -0.4 is 5.32 Å². The molecule has 1 N–H and O–H groups in total. The highest BCUT2D eigenvalue weighted by Crippen LogP contribution is 2.35. The molecule has 1 aliphatic rings. The van der Waals surface area contributed by atoms with Crippen molar-refractivity contribution in [1.82, 2.24) is 5.32 Å². The van der Waals surface area contributed by atoms with Gasteiger partial charge in [-0.25, -0.2) is 0 Å². The Morgan fingerprint density at radius 3 is 2.69 bits per heavy atom. The summed E-state index contributed by atoms with van der Waals surface area (Å²) in [7, 11) is 0. The van der Waals surface area contributed by atoms with Crippen LogP contribution in [0.1, 0.15) is 49.8 Å². The molecule has 0 spiro atoms. The Morgan fingerprint density at radius 1 is 1.31 bits per heavy atom. The summed E-state index contributed by atoms with van der Waals surface area (Å²) in [6.45, 7) is 5.45. The summed E-state index contributed by atoms with van der Waals surface area (Å²) in [6, 6.07) is 9.56. The Hall–Kier alpha value is -0.820. The van der Waals surface area contributed by atoms with Crippen molar-refractivity contribution < 1.29 is 0 Å². The van der Waals surface area contributed by atoms with Gasteiger partial charge in [-0.1, -0.05) is 49.6 Å². The first-order valence-corrected chi connectivity index (χ1v) is 6.61. The molecule has 0 heterocycles. The first kappa shape index (κ1) is 11.7. The van der Waals surface area contributed by atoms with Gasteiger partial charge in [-0.3, -0.25) is 0 Å². The smallest absolute Gasteiger partial charge is 0.0348 e. The van der Waals surface area contributed by atoms with Crippen LogP contribution in [0.15, 0.2) is 24.3 Å². The average molecular weight is 217 g/mol. The first-order valence-electron chi connectivity index (χ1n) is 6.61. The third-order valence-corrected chi connectivity index (χ3v) is 3.70. The zero-order valence-corrected chi connectivity index (χ0v) is 10.5. The number of benzene rings is 1. The Morgan fingerprint density at radius 2 is 2.06 bits per heavy atom. The number of rotatable bonds is 4. The number of hydrogen-bond donors (Lipinski definition) is 1. The van der Waals surface area contributed by atoms with Crippen LogP contribution in [0.25, 0.3) is 0 Å². The molecule has 1 unspecified atom stereocenters. The van der Waals surface area contributed by atoms with Gasteiger partial charge in [0, 0.05) is 6.04 Å². The maximum absolute atomic E-state index is 3.67. The molecule has 0 radical (unpaired) electrons. The van der Waals surface area contributed by atoms with Crippen LogP contribution in [0.5, 0.6) is 0 Å². The van der Waals surface area contributed by atoms with Crippen molar-refractivity contribution in [2.75, 3.05) is 6.54 Å². The summed E-state index contributed by atoms with van der Waals surface area (Å²) < 4.78 is 0. The maximum atomic E-state index is 3.67. The van der Waals surface area contributed by atoms with E-state index >= 15 is 0 Å². The standard InChI is InChI=1S/C15H23N/c1-3-16-15(13-8-4-5-9-13)14-10-6-7-12(2)11-14/h6-7,10-11,13,15-16H,3-5,8-9H2,1-2H3. The van der Waals surface area contributed by atoms with Crippen LogP contribution in [-0.4, -0.2) is 6.54 Å². The third-order valence-electron chi connectivity index (χ3n) is 3.70. The van der Waals surface area contributed by atoms with E-state index in [0.29, 0.717) is 6.04 Å². The lowest BCUT2D eigenvalue weighted by molar-refractivity contribution is 0.374. The predicted molar refractivity (Wildman–Crippen MR) is 69.6 cm³/mol. The third kappa shape index (κ3) is 2.65. The molecule has 1 atom stereocenters. The van der Waals surface area contributed by atoms with E-state index in [0.717, 1.165) is 12.5 Å². The van der Waals surface area contributed by atoms with Gasteiger partial charge in [0.2, 0.25) is 0 Å². The molecule has 1 aromatic rings. The molecule has 1 saturated carbocycles. The SMILES string of the molecule is CCNC(c1cccc(C)c1)C1CCCC1. The molecular weight excluding hydrogens is 194 g/mol. The van der Waals surface area contributed by atoms with Crippen molar-refractivity contribution in [3.63, 3.8) is 0 Å². The van der Waals surface area contributed by atoms with E-state index < -0.39 is 0 Å². The van der Waals surface area contributed by atoms with Gasteiger partial charge in [-0.15, -0.1) is 0 Å². The fourth-order valence-electron chi connectivity index (χ4n) is 2.93. The predicted octanol–water partition coefficient (Wildman–Crippen LogP) is 3.84. The lowest BCUT2D eigenvalue weighted by atomic mass is 9.91. The van der Waals surface area contributed by atoms with E-state index in [1.807, 2.05) is 0 Å². The van der Waals surface area contributed by atoms with Crippen LogP contribution in [0, 0.1) is 12.8 Å². The average Bonchev–Trinajstić information content (AvgIpc) is 2.79.